The number of carbonyl (C=O) groups is 1. The Morgan fingerprint density at radius 1 is 1.29 bits per heavy atom. The van der Waals surface area contributed by atoms with Gasteiger partial charge >= 0.3 is 0 Å². The Bertz CT molecular complexity index is 714. The highest BCUT2D eigenvalue weighted by atomic mass is 16.5. The van der Waals surface area contributed by atoms with Crippen molar-refractivity contribution in [3.8, 4) is 0 Å². The van der Waals surface area contributed by atoms with Crippen LogP contribution in [0, 0.1) is 11.8 Å². The molecule has 3 aliphatic heterocycles. The largest absolute Gasteiger partial charge is 0.381 e. The molecule has 1 N–H and O–H groups in total. The van der Waals surface area contributed by atoms with E-state index in [0.717, 1.165) is 64.3 Å². The maximum absolute atomic E-state index is 12.7. The fraction of sp³-hybridized carbons (Fsp3) is 0.696. The van der Waals surface area contributed by atoms with Gasteiger partial charge in [-0.1, -0.05) is 13.8 Å². The zero-order chi connectivity index (χ0) is 19.7. The topological polar surface area (TPSA) is 44.8 Å². The van der Waals surface area contributed by atoms with Crippen molar-refractivity contribution in [1.29, 1.82) is 0 Å². The minimum absolute atomic E-state index is 0.0564. The molecule has 0 radical (unpaired) electrons. The lowest BCUT2D eigenvalue weighted by Crippen LogP contribution is -2.38. The summed E-state index contributed by atoms with van der Waals surface area (Å²) in [5.74, 6) is 1.23. The highest BCUT2D eigenvalue weighted by Crippen LogP contribution is 2.47. The third-order valence-electron chi connectivity index (χ3n) is 6.70. The van der Waals surface area contributed by atoms with Crippen LogP contribution in [0.25, 0.3) is 0 Å². The summed E-state index contributed by atoms with van der Waals surface area (Å²) >= 11 is 0. The minimum atomic E-state index is 0.0564. The molecule has 2 fully saturated rings. The lowest BCUT2D eigenvalue weighted by Gasteiger charge is -2.30. The molecular weight excluding hydrogens is 350 g/mol. The Morgan fingerprint density at radius 3 is 2.75 bits per heavy atom. The van der Waals surface area contributed by atoms with E-state index in [1.165, 1.54) is 17.7 Å². The van der Waals surface area contributed by atoms with Gasteiger partial charge in [-0.2, -0.15) is 0 Å². The molecule has 4 rings (SSSR count). The number of ether oxygens (including phenoxy) is 1. The van der Waals surface area contributed by atoms with Crippen LogP contribution in [0.15, 0.2) is 18.2 Å². The number of fused-ring (bicyclic) bond motifs is 2. The SMILES string of the molecule is CC(C)CNC(=O)c1ccc2c(c1)C1(CCN(C)C1)CN2CC1CCOCC1. The molecule has 1 spiro atoms. The van der Waals surface area contributed by atoms with Crippen molar-refractivity contribution in [2.75, 3.05) is 57.9 Å². The monoisotopic (exact) mass is 385 g/mol. The summed E-state index contributed by atoms with van der Waals surface area (Å²) < 4.78 is 5.55. The smallest absolute Gasteiger partial charge is 0.251 e. The fourth-order valence-corrected chi connectivity index (χ4v) is 5.14. The van der Waals surface area contributed by atoms with E-state index in [9.17, 15) is 4.79 Å². The van der Waals surface area contributed by atoms with Crippen molar-refractivity contribution in [2.24, 2.45) is 11.8 Å². The first kappa shape index (κ1) is 19.7. The van der Waals surface area contributed by atoms with Crippen molar-refractivity contribution >= 4 is 11.6 Å². The summed E-state index contributed by atoms with van der Waals surface area (Å²) in [6.45, 7) is 11.2. The molecular formula is C23H35N3O2. The van der Waals surface area contributed by atoms with Crippen LogP contribution in [0.1, 0.15) is 49.0 Å². The van der Waals surface area contributed by atoms with Gasteiger partial charge in [0, 0.05) is 56.1 Å². The van der Waals surface area contributed by atoms with Crippen LogP contribution in [-0.4, -0.2) is 63.8 Å². The number of carbonyl (C=O) groups excluding carboxylic acids is 1. The summed E-state index contributed by atoms with van der Waals surface area (Å²) in [5, 5.41) is 3.08. The van der Waals surface area contributed by atoms with Crippen molar-refractivity contribution in [2.45, 2.75) is 38.5 Å². The van der Waals surface area contributed by atoms with Crippen molar-refractivity contribution in [3.63, 3.8) is 0 Å². The molecule has 3 heterocycles. The summed E-state index contributed by atoms with van der Waals surface area (Å²) in [4.78, 5) is 17.7. The zero-order valence-corrected chi connectivity index (χ0v) is 17.7. The quantitative estimate of drug-likeness (QED) is 0.847. The van der Waals surface area contributed by atoms with Crippen LogP contribution in [0.3, 0.4) is 0 Å². The number of nitrogens with one attached hydrogen (secondary N) is 1. The highest BCUT2D eigenvalue weighted by molar-refractivity contribution is 5.95. The van der Waals surface area contributed by atoms with Crippen molar-refractivity contribution in [1.82, 2.24) is 10.2 Å². The maximum atomic E-state index is 12.7. The van der Waals surface area contributed by atoms with Gasteiger partial charge in [-0.05, 0) is 68.5 Å². The summed E-state index contributed by atoms with van der Waals surface area (Å²) in [6, 6.07) is 6.41. The number of rotatable bonds is 5. The molecule has 0 bridgehead atoms. The van der Waals surface area contributed by atoms with E-state index in [4.69, 9.17) is 4.74 Å². The minimum Gasteiger partial charge on any atom is -0.381 e. The summed E-state index contributed by atoms with van der Waals surface area (Å²) in [6.07, 6.45) is 3.50. The van der Waals surface area contributed by atoms with Crippen LogP contribution in [-0.2, 0) is 10.2 Å². The third-order valence-corrected chi connectivity index (χ3v) is 6.70. The predicted octanol–water partition coefficient (Wildman–Crippen LogP) is 2.89. The fourth-order valence-electron chi connectivity index (χ4n) is 5.14. The average Bonchev–Trinajstić information content (AvgIpc) is 3.20. The van der Waals surface area contributed by atoms with E-state index in [1.54, 1.807) is 0 Å². The number of hydrogen-bond acceptors (Lipinski definition) is 4. The van der Waals surface area contributed by atoms with E-state index in [1.807, 2.05) is 6.07 Å². The number of amides is 1. The van der Waals surface area contributed by atoms with Gasteiger partial charge in [0.2, 0.25) is 0 Å². The van der Waals surface area contributed by atoms with Crippen LogP contribution < -0.4 is 10.2 Å². The Morgan fingerprint density at radius 2 is 2.07 bits per heavy atom. The highest BCUT2D eigenvalue weighted by Gasteiger charge is 2.46. The molecule has 0 aliphatic carbocycles. The van der Waals surface area contributed by atoms with Gasteiger partial charge in [0.15, 0.2) is 0 Å². The van der Waals surface area contributed by atoms with Gasteiger partial charge < -0.3 is 19.9 Å². The van der Waals surface area contributed by atoms with Gasteiger partial charge in [-0.25, -0.2) is 0 Å². The van der Waals surface area contributed by atoms with E-state index in [2.05, 4.69) is 48.1 Å². The Labute approximate surface area is 169 Å². The van der Waals surface area contributed by atoms with Gasteiger partial charge in [0.05, 0.1) is 0 Å². The molecule has 1 unspecified atom stereocenters. The van der Waals surface area contributed by atoms with Gasteiger partial charge in [0.25, 0.3) is 5.91 Å². The number of hydrogen-bond donors (Lipinski definition) is 1. The Balaban J connectivity index is 1.59. The first-order valence-electron chi connectivity index (χ1n) is 10.9. The molecule has 5 heteroatoms. The third kappa shape index (κ3) is 3.92. The second-order valence-corrected chi connectivity index (χ2v) is 9.54. The van der Waals surface area contributed by atoms with Crippen LogP contribution in [0.4, 0.5) is 5.69 Å². The molecule has 5 nitrogen and oxygen atoms in total. The summed E-state index contributed by atoms with van der Waals surface area (Å²) in [7, 11) is 2.22. The molecule has 1 aromatic carbocycles. The molecule has 2 saturated heterocycles. The normalized spacial score (nSPS) is 25.6. The zero-order valence-electron chi connectivity index (χ0n) is 17.7. The maximum Gasteiger partial charge on any atom is 0.251 e. The molecule has 1 aromatic rings. The molecule has 0 saturated carbocycles. The Hall–Kier alpha value is -1.59. The van der Waals surface area contributed by atoms with Crippen LogP contribution in [0.2, 0.25) is 0 Å². The van der Waals surface area contributed by atoms with E-state index >= 15 is 0 Å². The predicted molar refractivity (Wildman–Crippen MR) is 113 cm³/mol. The molecule has 28 heavy (non-hydrogen) atoms. The number of likely N-dealkylation sites (N-methyl/N-ethyl adjacent to an activating group) is 1. The first-order valence-corrected chi connectivity index (χ1v) is 10.9. The molecule has 154 valence electrons. The number of nitrogens with zero attached hydrogens (tertiary/aromatic N) is 2. The van der Waals surface area contributed by atoms with Gasteiger partial charge in [-0.3, -0.25) is 4.79 Å². The van der Waals surface area contributed by atoms with Gasteiger partial charge in [0.1, 0.15) is 0 Å². The first-order chi connectivity index (χ1) is 13.5. The van der Waals surface area contributed by atoms with Crippen LogP contribution >= 0.6 is 0 Å². The van der Waals surface area contributed by atoms with E-state index in [0.29, 0.717) is 11.8 Å². The lowest BCUT2D eigenvalue weighted by molar-refractivity contribution is 0.0681. The molecule has 3 aliphatic rings. The van der Waals surface area contributed by atoms with Gasteiger partial charge in [-0.15, -0.1) is 0 Å². The average molecular weight is 386 g/mol. The number of benzene rings is 1. The second kappa shape index (κ2) is 8.03. The lowest BCUT2D eigenvalue weighted by atomic mass is 9.81. The molecule has 1 atom stereocenters. The summed E-state index contributed by atoms with van der Waals surface area (Å²) in [5.41, 5.74) is 3.72. The number of anilines is 1. The van der Waals surface area contributed by atoms with E-state index in [-0.39, 0.29) is 11.3 Å². The molecule has 1 amide bonds. The Kier molecular flexibility index (Phi) is 5.66. The number of likely N-dealkylation sites (tertiary alicyclic amines) is 1. The van der Waals surface area contributed by atoms with Crippen molar-refractivity contribution in [3.05, 3.63) is 29.3 Å². The van der Waals surface area contributed by atoms with Crippen molar-refractivity contribution < 1.29 is 9.53 Å². The van der Waals surface area contributed by atoms with E-state index < -0.39 is 0 Å². The second-order valence-electron chi connectivity index (χ2n) is 9.54. The van der Waals surface area contributed by atoms with Crippen LogP contribution in [0.5, 0.6) is 0 Å². The standard InChI is InChI=1S/C23H35N3O2/c1-17(2)13-24-22(27)19-4-5-21-20(12-19)23(8-9-25(3)15-23)16-26(21)14-18-6-10-28-11-7-18/h4-5,12,17-18H,6-11,13-16H2,1-3H3,(H,24,27). The molecule has 0 aromatic heterocycles.